The predicted octanol–water partition coefficient (Wildman–Crippen LogP) is 3.75. The van der Waals surface area contributed by atoms with Gasteiger partial charge in [0.25, 0.3) is 0 Å². The van der Waals surface area contributed by atoms with Crippen molar-refractivity contribution in [2.24, 2.45) is 0 Å². The van der Waals surface area contributed by atoms with Gasteiger partial charge in [-0.25, -0.2) is 0 Å². The van der Waals surface area contributed by atoms with Gasteiger partial charge in [0.05, 0.1) is 17.8 Å². The van der Waals surface area contributed by atoms with Gasteiger partial charge in [-0.3, -0.25) is 4.68 Å². The Morgan fingerprint density at radius 2 is 2.00 bits per heavy atom. The molecule has 0 fully saturated rings. The summed E-state index contributed by atoms with van der Waals surface area (Å²) in [6, 6.07) is 6.93. The van der Waals surface area contributed by atoms with Crippen LogP contribution in [0.2, 0.25) is 0 Å². The number of nitriles is 1. The van der Waals surface area contributed by atoms with Gasteiger partial charge in [-0.15, -0.1) is 0 Å². The molecule has 0 aliphatic rings. The number of alkyl halides is 3. The van der Waals surface area contributed by atoms with Crippen LogP contribution >= 0.6 is 15.9 Å². The number of benzene rings is 1. The zero-order valence-electron chi connectivity index (χ0n) is 9.45. The van der Waals surface area contributed by atoms with E-state index in [0.717, 1.165) is 4.68 Å². The van der Waals surface area contributed by atoms with Crippen LogP contribution in [-0.2, 0) is 6.54 Å². The Labute approximate surface area is 115 Å². The van der Waals surface area contributed by atoms with E-state index in [-0.39, 0.29) is 0 Å². The Bertz CT molecular complexity index is 640. The molecule has 98 valence electrons. The van der Waals surface area contributed by atoms with Crippen LogP contribution in [0.3, 0.4) is 0 Å². The summed E-state index contributed by atoms with van der Waals surface area (Å²) in [6.07, 6.45) is -1.66. The lowest BCUT2D eigenvalue weighted by Gasteiger charge is -2.05. The topological polar surface area (TPSA) is 41.6 Å². The summed E-state index contributed by atoms with van der Waals surface area (Å²) in [5.74, 6) is 0. The fraction of sp³-hybridized carbons (Fsp3) is 0.167. The van der Waals surface area contributed by atoms with Gasteiger partial charge in [-0.2, -0.15) is 23.5 Å². The Balaban J connectivity index is 2.33. The SMILES string of the molecule is N#Cc1cc(Br)cc(-c2cnn(CC(F)(F)F)c2)c1. The molecule has 0 saturated heterocycles. The van der Waals surface area contributed by atoms with E-state index < -0.39 is 12.7 Å². The zero-order valence-corrected chi connectivity index (χ0v) is 11.0. The van der Waals surface area contributed by atoms with Crippen LogP contribution in [0.4, 0.5) is 13.2 Å². The van der Waals surface area contributed by atoms with Crippen molar-refractivity contribution < 1.29 is 13.2 Å². The molecule has 0 aliphatic heterocycles. The number of hydrogen-bond acceptors (Lipinski definition) is 2. The zero-order chi connectivity index (χ0) is 14.0. The third kappa shape index (κ3) is 3.58. The second-order valence-corrected chi connectivity index (χ2v) is 4.80. The fourth-order valence-electron chi connectivity index (χ4n) is 1.60. The molecule has 19 heavy (non-hydrogen) atoms. The van der Waals surface area contributed by atoms with E-state index in [1.165, 1.54) is 12.4 Å². The van der Waals surface area contributed by atoms with Crippen molar-refractivity contribution in [2.75, 3.05) is 0 Å². The summed E-state index contributed by atoms with van der Waals surface area (Å²) in [5, 5.41) is 12.5. The molecule has 0 saturated carbocycles. The fourth-order valence-corrected chi connectivity index (χ4v) is 2.10. The third-order valence-electron chi connectivity index (χ3n) is 2.33. The summed E-state index contributed by atoms with van der Waals surface area (Å²) < 4.78 is 38.2. The second-order valence-electron chi connectivity index (χ2n) is 3.88. The highest BCUT2D eigenvalue weighted by Gasteiger charge is 2.28. The van der Waals surface area contributed by atoms with Crippen molar-refractivity contribution in [3.63, 3.8) is 0 Å². The lowest BCUT2D eigenvalue weighted by Crippen LogP contribution is -2.17. The quantitative estimate of drug-likeness (QED) is 0.842. The van der Waals surface area contributed by atoms with Crippen molar-refractivity contribution in [3.05, 3.63) is 40.6 Å². The maximum Gasteiger partial charge on any atom is 0.408 e. The predicted molar refractivity (Wildman–Crippen MR) is 66.1 cm³/mol. The maximum absolute atomic E-state index is 12.2. The highest BCUT2D eigenvalue weighted by atomic mass is 79.9. The Kier molecular flexibility index (Phi) is 3.62. The van der Waals surface area contributed by atoms with E-state index in [1.54, 1.807) is 18.2 Å². The highest BCUT2D eigenvalue weighted by Crippen LogP contribution is 2.25. The molecule has 7 heteroatoms. The van der Waals surface area contributed by atoms with E-state index in [2.05, 4.69) is 21.0 Å². The van der Waals surface area contributed by atoms with Crippen LogP contribution in [0, 0.1) is 11.3 Å². The Hall–Kier alpha value is -1.81. The maximum atomic E-state index is 12.2. The minimum atomic E-state index is -4.31. The minimum absolute atomic E-state index is 0.424. The standard InChI is InChI=1S/C12H7BrF3N3/c13-11-2-8(4-17)1-9(3-11)10-5-18-19(6-10)7-12(14,15)16/h1-3,5-6H,7H2. The Morgan fingerprint density at radius 3 is 2.63 bits per heavy atom. The van der Waals surface area contributed by atoms with E-state index in [9.17, 15) is 13.2 Å². The van der Waals surface area contributed by atoms with E-state index >= 15 is 0 Å². The van der Waals surface area contributed by atoms with Crippen molar-refractivity contribution in [1.29, 1.82) is 5.26 Å². The van der Waals surface area contributed by atoms with Crippen molar-refractivity contribution in [3.8, 4) is 17.2 Å². The van der Waals surface area contributed by atoms with Gasteiger partial charge in [0, 0.05) is 16.2 Å². The molecular formula is C12H7BrF3N3. The summed E-state index contributed by atoms with van der Waals surface area (Å²) in [4.78, 5) is 0. The molecular weight excluding hydrogens is 323 g/mol. The van der Waals surface area contributed by atoms with Crippen LogP contribution in [0.15, 0.2) is 35.1 Å². The number of aromatic nitrogens is 2. The average molecular weight is 330 g/mol. The first-order valence-corrected chi connectivity index (χ1v) is 5.97. The highest BCUT2D eigenvalue weighted by molar-refractivity contribution is 9.10. The van der Waals surface area contributed by atoms with Crippen LogP contribution in [0.1, 0.15) is 5.56 Å². The van der Waals surface area contributed by atoms with Gasteiger partial charge in [0.15, 0.2) is 0 Å². The first kappa shape index (κ1) is 13.6. The Morgan fingerprint density at radius 1 is 1.26 bits per heavy atom. The molecule has 0 bridgehead atoms. The molecule has 0 atom stereocenters. The summed E-state index contributed by atoms with van der Waals surface area (Å²) in [7, 11) is 0. The number of halogens is 4. The molecule has 1 heterocycles. The molecule has 0 unspecified atom stereocenters. The normalized spacial score (nSPS) is 11.3. The smallest absolute Gasteiger partial charge is 0.263 e. The van der Waals surface area contributed by atoms with Crippen LogP contribution in [0.25, 0.3) is 11.1 Å². The average Bonchev–Trinajstić information content (AvgIpc) is 2.74. The summed E-state index contributed by atoms with van der Waals surface area (Å²) in [6.45, 7) is -1.13. The van der Waals surface area contributed by atoms with Crippen LogP contribution in [0.5, 0.6) is 0 Å². The van der Waals surface area contributed by atoms with Gasteiger partial charge in [0.2, 0.25) is 0 Å². The molecule has 1 aromatic carbocycles. The van der Waals surface area contributed by atoms with Gasteiger partial charge >= 0.3 is 6.18 Å². The molecule has 0 radical (unpaired) electrons. The molecule has 2 aromatic rings. The van der Waals surface area contributed by atoms with Crippen LogP contribution < -0.4 is 0 Å². The summed E-state index contributed by atoms with van der Waals surface area (Å²) in [5.41, 5.74) is 1.59. The first-order chi connectivity index (χ1) is 8.87. The number of hydrogen-bond donors (Lipinski definition) is 0. The molecule has 1 aromatic heterocycles. The molecule has 3 nitrogen and oxygen atoms in total. The monoisotopic (exact) mass is 329 g/mol. The molecule has 0 spiro atoms. The van der Waals surface area contributed by atoms with Crippen LogP contribution in [-0.4, -0.2) is 16.0 Å². The van der Waals surface area contributed by atoms with E-state index in [4.69, 9.17) is 5.26 Å². The van der Waals surface area contributed by atoms with E-state index in [0.29, 0.717) is 21.2 Å². The third-order valence-corrected chi connectivity index (χ3v) is 2.79. The van der Waals surface area contributed by atoms with Gasteiger partial charge < -0.3 is 0 Å². The van der Waals surface area contributed by atoms with Crippen molar-refractivity contribution in [2.45, 2.75) is 12.7 Å². The number of nitrogens with zero attached hydrogens (tertiary/aromatic N) is 3. The minimum Gasteiger partial charge on any atom is -0.263 e. The van der Waals surface area contributed by atoms with Crippen molar-refractivity contribution in [1.82, 2.24) is 9.78 Å². The molecule has 2 rings (SSSR count). The largest absolute Gasteiger partial charge is 0.408 e. The molecule has 0 aliphatic carbocycles. The van der Waals surface area contributed by atoms with Gasteiger partial charge in [-0.05, 0) is 23.8 Å². The lowest BCUT2D eigenvalue weighted by atomic mass is 10.1. The second kappa shape index (κ2) is 5.05. The van der Waals surface area contributed by atoms with Gasteiger partial charge in [0.1, 0.15) is 6.54 Å². The molecule has 0 N–H and O–H groups in total. The lowest BCUT2D eigenvalue weighted by molar-refractivity contribution is -0.142. The summed E-state index contributed by atoms with van der Waals surface area (Å²) >= 11 is 3.25. The van der Waals surface area contributed by atoms with Gasteiger partial charge in [-0.1, -0.05) is 15.9 Å². The first-order valence-electron chi connectivity index (χ1n) is 5.18. The van der Waals surface area contributed by atoms with E-state index in [1.807, 2.05) is 6.07 Å². The molecule has 0 amide bonds. The van der Waals surface area contributed by atoms with Crippen molar-refractivity contribution >= 4 is 15.9 Å². The number of rotatable bonds is 2.